The summed E-state index contributed by atoms with van der Waals surface area (Å²) in [6, 6.07) is 6.22. The van der Waals surface area contributed by atoms with Gasteiger partial charge in [0.2, 0.25) is 5.91 Å². The Kier molecular flexibility index (Phi) is 6.15. The molecule has 1 atom stereocenters. The van der Waals surface area contributed by atoms with Gasteiger partial charge < -0.3 is 20.0 Å². The molecule has 1 aromatic carbocycles. The molecule has 2 saturated heterocycles. The normalized spacial score (nSPS) is 28.9. The van der Waals surface area contributed by atoms with Crippen molar-refractivity contribution in [3.05, 3.63) is 23.8 Å². The van der Waals surface area contributed by atoms with Gasteiger partial charge in [-0.15, -0.1) is 0 Å². The van der Waals surface area contributed by atoms with Crippen molar-refractivity contribution in [3.63, 3.8) is 0 Å². The van der Waals surface area contributed by atoms with Crippen LogP contribution in [0.4, 0.5) is 16.2 Å². The van der Waals surface area contributed by atoms with E-state index in [1.165, 1.54) is 4.90 Å². The third-order valence-corrected chi connectivity index (χ3v) is 7.61. The van der Waals surface area contributed by atoms with Crippen LogP contribution in [0.5, 0.6) is 0 Å². The third-order valence-electron chi connectivity index (χ3n) is 7.61. The summed E-state index contributed by atoms with van der Waals surface area (Å²) in [5.41, 5.74) is 2.40. The number of anilines is 2. The number of carboxylic acid groups (broad SMARTS) is 1. The van der Waals surface area contributed by atoms with Gasteiger partial charge in [0.15, 0.2) is 0 Å². The quantitative estimate of drug-likeness (QED) is 0.764. The van der Waals surface area contributed by atoms with Gasteiger partial charge in [-0.1, -0.05) is 0 Å². The molecule has 1 aromatic rings. The first kappa shape index (κ1) is 21.9. The van der Waals surface area contributed by atoms with E-state index in [0.29, 0.717) is 18.1 Å². The first-order valence-corrected chi connectivity index (χ1v) is 11.7. The highest BCUT2D eigenvalue weighted by molar-refractivity contribution is 5.88. The number of hydrogen-bond acceptors (Lipinski definition) is 4. The van der Waals surface area contributed by atoms with E-state index in [-0.39, 0.29) is 17.6 Å². The number of aryl methyl sites for hydroxylation is 1. The predicted octanol–water partition coefficient (Wildman–Crippen LogP) is 3.62. The standard InChI is InChI=1S/C24H35N3O4/c1-3-26(23(30)31)21-10-7-19(15-17(21)2)25-13-4-11-24(16-25)12-14-27(22(24)29)18-5-8-20(28)9-6-18/h7,10,15,18,20,28H,3-6,8-9,11-14,16H2,1-2H3,(H,30,31). The molecule has 7 heteroatoms. The molecule has 170 valence electrons. The van der Waals surface area contributed by atoms with Crippen molar-refractivity contribution in [2.45, 2.75) is 70.9 Å². The number of benzene rings is 1. The van der Waals surface area contributed by atoms with Gasteiger partial charge in [0.05, 0.1) is 17.2 Å². The monoisotopic (exact) mass is 429 g/mol. The molecule has 31 heavy (non-hydrogen) atoms. The number of piperidine rings is 1. The highest BCUT2D eigenvalue weighted by Gasteiger charge is 2.50. The number of rotatable bonds is 4. The van der Waals surface area contributed by atoms with Crippen molar-refractivity contribution in [1.29, 1.82) is 0 Å². The summed E-state index contributed by atoms with van der Waals surface area (Å²) >= 11 is 0. The Hall–Kier alpha value is -2.28. The van der Waals surface area contributed by atoms with E-state index < -0.39 is 6.09 Å². The molecule has 1 spiro atoms. The Bertz CT molecular complexity index is 836. The van der Waals surface area contributed by atoms with E-state index in [9.17, 15) is 19.8 Å². The number of aliphatic hydroxyl groups is 1. The van der Waals surface area contributed by atoms with Gasteiger partial charge >= 0.3 is 6.09 Å². The van der Waals surface area contributed by atoms with Gasteiger partial charge in [0.1, 0.15) is 0 Å². The van der Waals surface area contributed by atoms with Gasteiger partial charge in [0.25, 0.3) is 0 Å². The van der Waals surface area contributed by atoms with Gasteiger partial charge in [-0.05, 0) is 82.6 Å². The minimum Gasteiger partial charge on any atom is -0.465 e. The fraction of sp³-hybridized carbons (Fsp3) is 0.667. The molecule has 2 heterocycles. The summed E-state index contributed by atoms with van der Waals surface area (Å²) in [5.74, 6) is 0.301. The largest absolute Gasteiger partial charge is 0.465 e. The van der Waals surface area contributed by atoms with Crippen LogP contribution in [0.1, 0.15) is 57.4 Å². The molecular weight excluding hydrogens is 394 g/mol. The van der Waals surface area contributed by atoms with Crippen molar-refractivity contribution in [2.24, 2.45) is 5.41 Å². The third kappa shape index (κ3) is 4.12. The maximum atomic E-state index is 13.5. The summed E-state index contributed by atoms with van der Waals surface area (Å²) in [6.45, 7) is 6.66. The summed E-state index contributed by atoms with van der Waals surface area (Å²) in [6.07, 6.45) is 5.09. The van der Waals surface area contributed by atoms with Crippen LogP contribution in [-0.4, -0.2) is 65.4 Å². The van der Waals surface area contributed by atoms with Crippen molar-refractivity contribution in [2.75, 3.05) is 36.0 Å². The number of carbonyl (C=O) groups excluding carboxylic acids is 1. The van der Waals surface area contributed by atoms with E-state index in [1.54, 1.807) is 0 Å². The van der Waals surface area contributed by atoms with Gasteiger partial charge in [-0.2, -0.15) is 0 Å². The van der Waals surface area contributed by atoms with Crippen LogP contribution in [-0.2, 0) is 4.79 Å². The molecule has 2 amide bonds. The molecule has 1 unspecified atom stereocenters. The molecule has 3 aliphatic rings. The highest BCUT2D eigenvalue weighted by atomic mass is 16.4. The lowest BCUT2D eigenvalue weighted by Gasteiger charge is -2.41. The first-order chi connectivity index (χ1) is 14.8. The molecule has 2 aliphatic heterocycles. The average Bonchev–Trinajstić information content (AvgIpc) is 3.05. The smallest absolute Gasteiger partial charge is 0.411 e. The average molecular weight is 430 g/mol. The Labute approximate surface area is 184 Å². The lowest BCUT2D eigenvalue weighted by molar-refractivity contribution is -0.139. The molecule has 3 fully saturated rings. The fourth-order valence-corrected chi connectivity index (χ4v) is 5.84. The first-order valence-electron chi connectivity index (χ1n) is 11.7. The summed E-state index contributed by atoms with van der Waals surface area (Å²) < 4.78 is 0. The molecule has 1 aliphatic carbocycles. The molecule has 2 N–H and O–H groups in total. The van der Waals surface area contributed by atoms with Crippen molar-refractivity contribution in [3.8, 4) is 0 Å². The van der Waals surface area contributed by atoms with E-state index in [4.69, 9.17) is 0 Å². The summed E-state index contributed by atoms with van der Waals surface area (Å²) in [4.78, 5) is 30.8. The summed E-state index contributed by atoms with van der Waals surface area (Å²) in [5, 5.41) is 19.3. The molecule has 4 rings (SSSR count). The molecule has 0 radical (unpaired) electrons. The highest BCUT2D eigenvalue weighted by Crippen LogP contribution is 2.43. The van der Waals surface area contributed by atoms with Crippen molar-refractivity contribution in [1.82, 2.24) is 4.90 Å². The second kappa shape index (κ2) is 8.69. The fourth-order valence-electron chi connectivity index (χ4n) is 5.84. The number of amides is 2. The van der Waals surface area contributed by atoms with Gasteiger partial charge in [-0.3, -0.25) is 9.69 Å². The number of nitrogens with zero attached hydrogens (tertiary/aromatic N) is 3. The van der Waals surface area contributed by atoms with Crippen LogP contribution in [0.15, 0.2) is 18.2 Å². The van der Waals surface area contributed by atoms with E-state index >= 15 is 0 Å². The Morgan fingerprint density at radius 3 is 2.58 bits per heavy atom. The SMILES string of the molecule is CCN(C(=O)O)c1ccc(N2CCCC3(CCN(C4CCC(O)CC4)C3=O)C2)cc1C. The molecule has 7 nitrogen and oxygen atoms in total. The zero-order chi connectivity index (χ0) is 22.2. The lowest BCUT2D eigenvalue weighted by atomic mass is 9.78. The van der Waals surface area contributed by atoms with E-state index in [1.807, 2.05) is 26.0 Å². The van der Waals surface area contributed by atoms with E-state index in [0.717, 1.165) is 75.8 Å². The minimum absolute atomic E-state index is 0.205. The second-order valence-corrected chi connectivity index (χ2v) is 9.51. The van der Waals surface area contributed by atoms with Gasteiger partial charge in [0, 0.05) is 37.9 Å². The second-order valence-electron chi connectivity index (χ2n) is 9.51. The predicted molar refractivity (Wildman–Crippen MR) is 121 cm³/mol. The number of aliphatic hydroxyl groups excluding tert-OH is 1. The molecule has 0 aromatic heterocycles. The maximum absolute atomic E-state index is 13.5. The lowest BCUT2D eigenvalue weighted by Crippen LogP contribution is -2.50. The Balaban J connectivity index is 1.49. The summed E-state index contributed by atoms with van der Waals surface area (Å²) in [7, 11) is 0. The van der Waals surface area contributed by atoms with Crippen LogP contribution in [0.25, 0.3) is 0 Å². The molecular formula is C24H35N3O4. The number of hydrogen-bond donors (Lipinski definition) is 2. The van der Waals surface area contributed by atoms with Crippen LogP contribution in [0.2, 0.25) is 0 Å². The Morgan fingerprint density at radius 2 is 1.94 bits per heavy atom. The van der Waals surface area contributed by atoms with Crippen molar-refractivity contribution >= 4 is 23.4 Å². The molecule has 0 bridgehead atoms. The molecule has 1 saturated carbocycles. The minimum atomic E-state index is -0.942. The van der Waals surface area contributed by atoms with E-state index in [2.05, 4.69) is 15.9 Å². The van der Waals surface area contributed by atoms with Crippen molar-refractivity contribution < 1.29 is 19.8 Å². The number of carbonyl (C=O) groups is 2. The topological polar surface area (TPSA) is 84.3 Å². The van der Waals surface area contributed by atoms with Crippen LogP contribution < -0.4 is 9.80 Å². The van der Waals surface area contributed by atoms with Crippen LogP contribution >= 0.6 is 0 Å². The zero-order valence-corrected chi connectivity index (χ0v) is 18.7. The van der Waals surface area contributed by atoms with Crippen LogP contribution in [0, 0.1) is 12.3 Å². The zero-order valence-electron chi connectivity index (χ0n) is 18.7. The maximum Gasteiger partial charge on any atom is 0.411 e. The van der Waals surface area contributed by atoms with Crippen LogP contribution in [0.3, 0.4) is 0 Å². The van der Waals surface area contributed by atoms with Gasteiger partial charge in [-0.25, -0.2) is 4.79 Å². The number of likely N-dealkylation sites (tertiary alicyclic amines) is 1. The Morgan fingerprint density at radius 1 is 1.19 bits per heavy atom.